The molecule has 5 rings (SSSR count). The highest BCUT2D eigenvalue weighted by atomic mass is 16.6. The van der Waals surface area contributed by atoms with Crippen LogP contribution in [0, 0.1) is 0 Å². The van der Waals surface area contributed by atoms with E-state index >= 15 is 0 Å². The van der Waals surface area contributed by atoms with Crippen LogP contribution in [-0.2, 0) is 4.74 Å². The van der Waals surface area contributed by atoms with Gasteiger partial charge in [-0.3, -0.25) is 4.79 Å². The van der Waals surface area contributed by atoms with Crippen LogP contribution in [0.2, 0.25) is 0 Å². The number of piperidine rings is 2. The zero-order valence-electron chi connectivity index (χ0n) is 15.2. The average molecular weight is 357 g/mol. The highest BCUT2D eigenvalue weighted by molar-refractivity contribution is 5.75. The van der Waals surface area contributed by atoms with E-state index in [4.69, 9.17) is 4.74 Å². The number of H-pyrrole nitrogens is 1. The molecule has 138 valence electrons. The number of carbonyl (C=O) groups is 1. The lowest BCUT2D eigenvalue weighted by atomic mass is 9.91. The fourth-order valence-electron chi connectivity index (χ4n) is 3.75. The predicted molar refractivity (Wildman–Crippen MR) is 97.3 cm³/mol. The van der Waals surface area contributed by atoms with Gasteiger partial charge in [0.25, 0.3) is 5.56 Å². The van der Waals surface area contributed by atoms with E-state index in [1.54, 1.807) is 0 Å². The van der Waals surface area contributed by atoms with E-state index in [9.17, 15) is 9.59 Å². The highest BCUT2D eigenvalue weighted by Crippen LogP contribution is 2.33. The second kappa shape index (κ2) is 5.96. The van der Waals surface area contributed by atoms with Crippen LogP contribution in [0.3, 0.4) is 0 Å². The van der Waals surface area contributed by atoms with E-state index in [1.807, 2.05) is 37.8 Å². The molecular weight excluding hydrogens is 334 g/mol. The van der Waals surface area contributed by atoms with Crippen molar-refractivity contribution in [1.82, 2.24) is 19.9 Å². The molecular formula is C18H23N5O3. The molecule has 26 heavy (non-hydrogen) atoms. The Kier molecular flexibility index (Phi) is 3.86. The molecule has 5 heterocycles. The molecule has 3 saturated heterocycles. The third-order valence-corrected chi connectivity index (χ3v) is 4.93. The van der Waals surface area contributed by atoms with Gasteiger partial charge in [-0.1, -0.05) is 0 Å². The van der Waals surface area contributed by atoms with Crippen molar-refractivity contribution in [2.45, 2.75) is 51.3 Å². The van der Waals surface area contributed by atoms with Gasteiger partial charge in [-0.25, -0.2) is 14.8 Å². The minimum absolute atomic E-state index is 0.0968. The summed E-state index contributed by atoms with van der Waals surface area (Å²) < 4.78 is 5.54. The molecule has 1 N–H and O–H groups in total. The number of aromatic amines is 1. The topological polar surface area (TPSA) is 91.4 Å². The minimum atomic E-state index is -0.499. The molecule has 0 aromatic carbocycles. The third kappa shape index (κ3) is 3.00. The molecule has 2 aromatic heterocycles. The van der Waals surface area contributed by atoms with E-state index in [-0.39, 0.29) is 23.7 Å². The van der Waals surface area contributed by atoms with Crippen LogP contribution in [0.5, 0.6) is 0 Å². The standard InChI is InChI=1S/C18H23N5O3/c1-18(2,3)26-17(25)23-9-11-4-5-12(23)8-22(11)14-7-6-13-15(21-14)16(24)20-10-19-13/h6-7,10-12H,4-5,8-9H2,1-3H3,(H,19,20,24)/t11-,12-/m0/s1. The number of hydrogen-bond donors (Lipinski definition) is 1. The van der Waals surface area contributed by atoms with Crippen molar-refractivity contribution in [1.29, 1.82) is 0 Å². The van der Waals surface area contributed by atoms with Crippen LogP contribution in [0.1, 0.15) is 33.6 Å². The summed E-state index contributed by atoms with van der Waals surface area (Å²) in [5.74, 6) is 0.759. The van der Waals surface area contributed by atoms with Crippen LogP contribution < -0.4 is 10.5 Å². The molecule has 3 fully saturated rings. The Bertz CT molecular complexity index is 904. The summed E-state index contributed by atoms with van der Waals surface area (Å²) >= 11 is 0. The van der Waals surface area contributed by atoms with Gasteiger partial charge >= 0.3 is 6.09 Å². The largest absolute Gasteiger partial charge is 0.444 e. The Morgan fingerprint density at radius 2 is 2.00 bits per heavy atom. The van der Waals surface area contributed by atoms with Gasteiger partial charge < -0.3 is 19.5 Å². The van der Waals surface area contributed by atoms with Crippen molar-refractivity contribution in [2.24, 2.45) is 0 Å². The average Bonchev–Trinajstić information content (AvgIpc) is 2.60. The quantitative estimate of drug-likeness (QED) is 0.838. The zero-order valence-corrected chi connectivity index (χ0v) is 15.2. The van der Waals surface area contributed by atoms with Gasteiger partial charge in [-0.05, 0) is 45.7 Å². The van der Waals surface area contributed by atoms with Gasteiger partial charge in [0.1, 0.15) is 11.4 Å². The molecule has 2 bridgehead atoms. The molecule has 3 aliphatic rings. The fourth-order valence-corrected chi connectivity index (χ4v) is 3.75. The Hall–Kier alpha value is -2.64. The SMILES string of the molecule is CC(C)(C)OC(=O)N1C[C@@H]2CC[C@H]1CN2c1ccc2nc[nH]c(=O)c2n1. The summed E-state index contributed by atoms with van der Waals surface area (Å²) in [4.78, 5) is 39.8. The summed E-state index contributed by atoms with van der Waals surface area (Å²) in [6.07, 6.45) is 3.08. The van der Waals surface area contributed by atoms with Crippen molar-refractivity contribution in [3.8, 4) is 0 Å². The van der Waals surface area contributed by atoms with Crippen molar-refractivity contribution in [2.75, 3.05) is 18.0 Å². The van der Waals surface area contributed by atoms with Crippen LogP contribution in [0.4, 0.5) is 10.6 Å². The second-order valence-electron chi connectivity index (χ2n) is 7.94. The fraction of sp³-hybridized carbons (Fsp3) is 0.556. The first-order valence-electron chi connectivity index (χ1n) is 8.92. The van der Waals surface area contributed by atoms with E-state index in [2.05, 4.69) is 19.9 Å². The lowest BCUT2D eigenvalue weighted by molar-refractivity contribution is 0.000793. The number of aromatic nitrogens is 3. The van der Waals surface area contributed by atoms with Crippen LogP contribution in [0.15, 0.2) is 23.3 Å². The number of hydrogen-bond acceptors (Lipinski definition) is 6. The Morgan fingerprint density at radius 3 is 2.69 bits per heavy atom. The summed E-state index contributed by atoms with van der Waals surface area (Å²) in [5, 5.41) is 0. The van der Waals surface area contributed by atoms with E-state index in [1.165, 1.54) is 6.33 Å². The molecule has 0 radical (unpaired) electrons. The highest BCUT2D eigenvalue weighted by Gasteiger charge is 2.43. The van der Waals surface area contributed by atoms with E-state index in [0.29, 0.717) is 24.1 Å². The number of piperazine rings is 1. The number of amides is 1. The number of rotatable bonds is 1. The number of nitrogens with zero attached hydrogens (tertiary/aromatic N) is 4. The lowest BCUT2D eigenvalue weighted by Gasteiger charge is -2.51. The first-order chi connectivity index (χ1) is 12.3. The number of carbonyl (C=O) groups excluding carboxylic acids is 1. The van der Waals surface area contributed by atoms with Gasteiger partial charge in [0.2, 0.25) is 0 Å². The Labute approximate surface area is 151 Å². The van der Waals surface area contributed by atoms with Gasteiger partial charge in [0.15, 0.2) is 5.52 Å². The lowest BCUT2D eigenvalue weighted by Crippen LogP contribution is -2.64. The molecule has 0 spiro atoms. The normalized spacial score (nSPS) is 22.7. The van der Waals surface area contributed by atoms with Crippen molar-refractivity contribution in [3.05, 3.63) is 28.8 Å². The van der Waals surface area contributed by atoms with E-state index in [0.717, 1.165) is 18.7 Å². The smallest absolute Gasteiger partial charge is 0.410 e. The molecule has 1 amide bonds. The summed E-state index contributed by atoms with van der Waals surface area (Å²) in [6, 6.07) is 3.99. The molecule has 0 saturated carbocycles. The Balaban J connectivity index is 1.57. The monoisotopic (exact) mass is 357 g/mol. The third-order valence-electron chi connectivity index (χ3n) is 4.93. The zero-order chi connectivity index (χ0) is 18.5. The van der Waals surface area contributed by atoms with Crippen molar-refractivity contribution < 1.29 is 9.53 Å². The van der Waals surface area contributed by atoms with Crippen molar-refractivity contribution in [3.63, 3.8) is 0 Å². The van der Waals surface area contributed by atoms with Gasteiger partial charge in [0.05, 0.1) is 17.9 Å². The predicted octanol–water partition coefficient (Wildman–Crippen LogP) is 1.91. The van der Waals surface area contributed by atoms with Gasteiger partial charge in [-0.15, -0.1) is 0 Å². The molecule has 2 atom stereocenters. The van der Waals surface area contributed by atoms with E-state index < -0.39 is 5.60 Å². The molecule has 8 heteroatoms. The summed E-state index contributed by atoms with van der Waals surface area (Å²) in [5.41, 5.74) is 0.182. The molecule has 2 aromatic rings. The number of anilines is 1. The molecule has 0 unspecified atom stereocenters. The first-order valence-corrected chi connectivity index (χ1v) is 8.92. The Morgan fingerprint density at radius 1 is 1.23 bits per heavy atom. The number of ether oxygens (including phenoxy) is 1. The number of fused-ring (bicyclic) bond motifs is 4. The maximum absolute atomic E-state index is 12.5. The van der Waals surface area contributed by atoms with Gasteiger partial charge in [-0.2, -0.15) is 0 Å². The van der Waals surface area contributed by atoms with Crippen LogP contribution in [-0.4, -0.2) is 56.7 Å². The molecule has 3 aliphatic heterocycles. The number of pyridine rings is 1. The molecule has 8 nitrogen and oxygen atoms in total. The maximum atomic E-state index is 12.5. The summed E-state index contributed by atoms with van der Waals surface area (Å²) in [7, 11) is 0. The van der Waals surface area contributed by atoms with Gasteiger partial charge in [0, 0.05) is 19.1 Å². The van der Waals surface area contributed by atoms with Crippen LogP contribution in [0.25, 0.3) is 11.0 Å². The minimum Gasteiger partial charge on any atom is -0.444 e. The number of nitrogens with one attached hydrogen (secondary N) is 1. The first kappa shape index (κ1) is 16.8. The van der Waals surface area contributed by atoms with Crippen LogP contribution >= 0.6 is 0 Å². The van der Waals surface area contributed by atoms with Crippen molar-refractivity contribution >= 4 is 22.9 Å². The maximum Gasteiger partial charge on any atom is 0.410 e. The summed E-state index contributed by atoms with van der Waals surface area (Å²) in [6.45, 7) is 6.95. The second-order valence-corrected chi connectivity index (χ2v) is 7.94. The molecule has 0 aliphatic carbocycles.